The summed E-state index contributed by atoms with van der Waals surface area (Å²) in [5.41, 5.74) is 0.546. The van der Waals surface area contributed by atoms with Gasteiger partial charge in [-0.25, -0.2) is 4.79 Å². The Morgan fingerprint density at radius 3 is 2.71 bits per heavy atom. The number of nitrogens with zero attached hydrogens (tertiary/aromatic N) is 1. The topological polar surface area (TPSA) is 105 Å². The molecule has 1 aromatic carbocycles. The number of aromatic nitrogens is 2. The van der Waals surface area contributed by atoms with E-state index in [9.17, 15) is 14.4 Å². The summed E-state index contributed by atoms with van der Waals surface area (Å²) in [6.45, 7) is 1.44. The number of carbonyl (C=O) groups is 2. The number of Topliss-reactive ketones (excluding diaryl/α,β-unsaturated/α-hetero) is 1. The van der Waals surface area contributed by atoms with E-state index in [2.05, 4.69) is 15.3 Å². The molecule has 7 nitrogen and oxygen atoms in total. The summed E-state index contributed by atoms with van der Waals surface area (Å²) in [4.78, 5) is 41.6. The van der Waals surface area contributed by atoms with Crippen molar-refractivity contribution in [3.05, 3.63) is 70.5 Å². The zero-order valence-electron chi connectivity index (χ0n) is 12.7. The molecule has 0 bridgehead atoms. The van der Waals surface area contributed by atoms with Crippen LogP contribution in [0.5, 0.6) is 0 Å². The van der Waals surface area contributed by atoms with Gasteiger partial charge in [-0.15, -0.1) is 0 Å². The van der Waals surface area contributed by atoms with Crippen molar-refractivity contribution in [1.82, 2.24) is 9.97 Å². The van der Waals surface area contributed by atoms with E-state index in [1.54, 1.807) is 36.4 Å². The molecule has 2 N–H and O–H groups in total. The molecule has 0 saturated heterocycles. The number of rotatable bonds is 4. The molecular formula is C17H13N3O4. The number of benzene rings is 1. The van der Waals surface area contributed by atoms with Gasteiger partial charge in [-0.05, 0) is 37.3 Å². The number of amides is 1. The molecule has 0 spiro atoms. The number of furan rings is 1. The van der Waals surface area contributed by atoms with Crippen LogP contribution in [0.3, 0.4) is 0 Å². The largest absolute Gasteiger partial charge is 0.463 e. The second-order valence-corrected chi connectivity index (χ2v) is 5.05. The van der Waals surface area contributed by atoms with Gasteiger partial charge < -0.3 is 14.7 Å². The Morgan fingerprint density at radius 1 is 1.17 bits per heavy atom. The average molecular weight is 323 g/mol. The predicted octanol–water partition coefficient (Wildman–Crippen LogP) is 2.48. The molecule has 3 rings (SSSR count). The average Bonchev–Trinajstić information content (AvgIpc) is 3.09. The van der Waals surface area contributed by atoms with Gasteiger partial charge in [0.15, 0.2) is 5.78 Å². The Balaban J connectivity index is 1.89. The summed E-state index contributed by atoms with van der Waals surface area (Å²) in [5.74, 6) is -0.253. The fourth-order valence-electron chi connectivity index (χ4n) is 2.15. The van der Waals surface area contributed by atoms with Crippen LogP contribution in [0.25, 0.3) is 11.5 Å². The first-order chi connectivity index (χ1) is 11.5. The third-order valence-electron chi connectivity index (χ3n) is 3.29. The molecule has 0 fully saturated rings. The van der Waals surface area contributed by atoms with Crippen LogP contribution in [0.4, 0.5) is 5.69 Å². The molecule has 24 heavy (non-hydrogen) atoms. The van der Waals surface area contributed by atoms with E-state index in [1.165, 1.54) is 19.3 Å². The Morgan fingerprint density at radius 2 is 2.00 bits per heavy atom. The predicted molar refractivity (Wildman–Crippen MR) is 87.0 cm³/mol. The minimum atomic E-state index is -0.661. The van der Waals surface area contributed by atoms with Crippen LogP contribution < -0.4 is 11.0 Å². The Labute approximate surface area is 136 Å². The number of aromatic amines is 1. The highest BCUT2D eigenvalue weighted by molar-refractivity contribution is 6.04. The van der Waals surface area contributed by atoms with Crippen LogP contribution >= 0.6 is 0 Å². The number of ketones is 1. The molecule has 2 aromatic heterocycles. The molecule has 3 aromatic rings. The standard InChI is InChI=1S/C17H13N3O4/c1-10(21)11-4-2-5-12(8-11)18-16(22)14-9-13(19-17(23)20-14)15-6-3-7-24-15/h2-9H,1H3,(H,18,22)(H,19,20,23). The summed E-state index contributed by atoms with van der Waals surface area (Å²) in [6, 6.07) is 11.3. The maximum Gasteiger partial charge on any atom is 0.346 e. The van der Waals surface area contributed by atoms with Gasteiger partial charge in [0.2, 0.25) is 0 Å². The minimum Gasteiger partial charge on any atom is -0.463 e. The van der Waals surface area contributed by atoms with Gasteiger partial charge in [-0.1, -0.05) is 12.1 Å². The first kappa shape index (κ1) is 15.4. The third-order valence-corrected chi connectivity index (χ3v) is 3.29. The van der Waals surface area contributed by atoms with Gasteiger partial charge in [-0.3, -0.25) is 9.59 Å². The van der Waals surface area contributed by atoms with Gasteiger partial charge in [-0.2, -0.15) is 4.98 Å². The van der Waals surface area contributed by atoms with Crippen LogP contribution in [-0.2, 0) is 0 Å². The molecule has 0 aliphatic carbocycles. The number of nitrogens with one attached hydrogen (secondary N) is 2. The molecular weight excluding hydrogens is 310 g/mol. The van der Waals surface area contributed by atoms with E-state index in [0.717, 1.165) is 0 Å². The van der Waals surface area contributed by atoms with Crippen molar-refractivity contribution in [2.75, 3.05) is 5.32 Å². The van der Waals surface area contributed by atoms with Crippen molar-refractivity contribution in [1.29, 1.82) is 0 Å². The summed E-state index contributed by atoms with van der Waals surface area (Å²) in [6.07, 6.45) is 1.46. The van der Waals surface area contributed by atoms with Crippen molar-refractivity contribution in [3.8, 4) is 11.5 Å². The van der Waals surface area contributed by atoms with E-state index in [0.29, 0.717) is 22.7 Å². The van der Waals surface area contributed by atoms with Crippen LogP contribution in [0, 0.1) is 0 Å². The lowest BCUT2D eigenvalue weighted by atomic mass is 10.1. The monoisotopic (exact) mass is 323 g/mol. The number of carbonyl (C=O) groups excluding carboxylic acids is 2. The molecule has 120 valence electrons. The van der Waals surface area contributed by atoms with Crippen LogP contribution in [-0.4, -0.2) is 21.7 Å². The fraction of sp³-hybridized carbons (Fsp3) is 0.0588. The van der Waals surface area contributed by atoms with Gasteiger partial charge in [0.05, 0.1) is 12.0 Å². The molecule has 0 aliphatic heterocycles. The van der Waals surface area contributed by atoms with Gasteiger partial charge >= 0.3 is 5.69 Å². The highest BCUT2D eigenvalue weighted by atomic mass is 16.3. The van der Waals surface area contributed by atoms with Gasteiger partial charge in [0, 0.05) is 11.3 Å². The second kappa shape index (κ2) is 6.33. The Bertz CT molecular complexity index is 958. The molecule has 0 unspecified atom stereocenters. The van der Waals surface area contributed by atoms with Crippen molar-refractivity contribution in [3.63, 3.8) is 0 Å². The molecule has 0 aliphatic rings. The molecule has 0 radical (unpaired) electrons. The quantitative estimate of drug-likeness (QED) is 0.718. The Hall–Kier alpha value is -3.48. The normalized spacial score (nSPS) is 10.4. The second-order valence-electron chi connectivity index (χ2n) is 5.05. The first-order valence-corrected chi connectivity index (χ1v) is 7.10. The lowest BCUT2D eigenvalue weighted by molar-refractivity contribution is 0.100. The zero-order chi connectivity index (χ0) is 17.1. The van der Waals surface area contributed by atoms with Crippen LogP contribution in [0.15, 0.2) is 57.9 Å². The van der Waals surface area contributed by atoms with Crippen molar-refractivity contribution in [2.45, 2.75) is 6.92 Å². The number of H-pyrrole nitrogens is 1. The van der Waals surface area contributed by atoms with E-state index in [4.69, 9.17) is 4.42 Å². The summed E-state index contributed by atoms with van der Waals surface area (Å²) in [7, 11) is 0. The van der Waals surface area contributed by atoms with E-state index < -0.39 is 11.6 Å². The van der Waals surface area contributed by atoms with Gasteiger partial charge in [0.25, 0.3) is 5.91 Å². The highest BCUT2D eigenvalue weighted by Crippen LogP contribution is 2.17. The number of anilines is 1. The Kier molecular flexibility index (Phi) is 4.07. The van der Waals surface area contributed by atoms with Crippen molar-refractivity contribution >= 4 is 17.4 Å². The van der Waals surface area contributed by atoms with E-state index in [1.807, 2.05) is 0 Å². The molecule has 1 amide bonds. The lowest BCUT2D eigenvalue weighted by Gasteiger charge is -2.06. The SMILES string of the molecule is CC(=O)c1cccc(NC(=O)c2cc(-c3ccco3)[nH]c(=O)n2)c1. The maximum atomic E-state index is 12.3. The van der Waals surface area contributed by atoms with E-state index in [-0.39, 0.29) is 11.5 Å². The lowest BCUT2D eigenvalue weighted by Crippen LogP contribution is -2.21. The third kappa shape index (κ3) is 3.30. The summed E-state index contributed by atoms with van der Waals surface area (Å²) >= 11 is 0. The summed E-state index contributed by atoms with van der Waals surface area (Å²) < 4.78 is 5.20. The fourth-order valence-corrected chi connectivity index (χ4v) is 2.15. The van der Waals surface area contributed by atoms with E-state index >= 15 is 0 Å². The van der Waals surface area contributed by atoms with Crippen LogP contribution in [0.2, 0.25) is 0 Å². The molecule has 7 heteroatoms. The van der Waals surface area contributed by atoms with Crippen molar-refractivity contribution in [2.24, 2.45) is 0 Å². The maximum absolute atomic E-state index is 12.3. The van der Waals surface area contributed by atoms with Gasteiger partial charge in [0.1, 0.15) is 11.5 Å². The smallest absolute Gasteiger partial charge is 0.346 e. The number of hydrogen-bond donors (Lipinski definition) is 2. The highest BCUT2D eigenvalue weighted by Gasteiger charge is 2.13. The molecule has 0 atom stereocenters. The van der Waals surface area contributed by atoms with Crippen LogP contribution in [0.1, 0.15) is 27.8 Å². The summed E-state index contributed by atoms with van der Waals surface area (Å²) in [5, 5.41) is 2.62. The number of hydrogen-bond acceptors (Lipinski definition) is 5. The first-order valence-electron chi connectivity index (χ1n) is 7.10. The molecule has 0 saturated carbocycles. The van der Waals surface area contributed by atoms with Crippen molar-refractivity contribution < 1.29 is 14.0 Å². The molecule has 2 heterocycles. The zero-order valence-corrected chi connectivity index (χ0v) is 12.7. The minimum absolute atomic E-state index is 0.0571.